The van der Waals surface area contributed by atoms with E-state index in [0.717, 1.165) is 43.1 Å². The van der Waals surface area contributed by atoms with Crippen molar-refractivity contribution < 1.29 is 9.84 Å². The summed E-state index contributed by atoms with van der Waals surface area (Å²) in [6.07, 6.45) is 2.79. The lowest BCUT2D eigenvalue weighted by atomic mass is 10.1. The van der Waals surface area contributed by atoms with Crippen molar-refractivity contribution in [3.05, 3.63) is 59.7 Å². The second-order valence-electron chi connectivity index (χ2n) is 7.13. The Labute approximate surface area is 156 Å². The van der Waals surface area contributed by atoms with Crippen molar-refractivity contribution in [2.24, 2.45) is 0 Å². The van der Waals surface area contributed by atoms with Crippen LogP contribution in [0.3, 0.4) is 0 Å². The number of rotatable bonds is 9. The fraction of sp³-hybridized carbons (Fsp3) is 0.455. The first-order chi connectivity index (χ1) is 12.6. The normalized spacial score (nSPS) is 16.1. The number of anilines is 1. The van der Waals surface area contributed by atoms with Crippen LogP contribution < -0.4 is 10.1 Å². The molecule has 3 rings (SSSR count). The van der Waals surface area contributed by atoms with E-state index in [1.54, 1.807) is 0 Å². The number of hydrogen-bond donors (Lipinski definition) is 2. The maximum absolute atomic E-state index is 9.72. The first kappa shape index (κ1) is 18.7. The van der Waals surface area contributed by atoms with E-state index in [4.69, 9.17) is 4.74 Å². The standard InChI is InChI=1S/C22H30N2O2/c1-3-22(25)23-21-12-11-19(14-17(21)2)26-20-15-24(16-20)13-7-10-18-8-5-4-6-9-18/h4-6,8-9,11-12,14,20,22-23,25H,3,7,10,13,15-16H2,1-2H3. The van der Waals surface area contributed by atoms with E-state index < -0.39 is 6.23 Å². The lowest BCUT2D eigenvalue weighted by molar-refractivity contribution is 0.0195. The Bertz CT molecular complexity index is 684. The molecule has 1 saturated heterocycles. The number of hydrogen-bond acceptors (Lipinski definition) is 4. The third-order valence-corrected chi connectivity index (χ3v) is 4.92. The number of aliphatic hydroxyl groups is 1. The van der Waals surface area contributed by atoms with Crippen LogP contribution in [0.1, 0.15) is 30.9 Å². The smallest absolute Gasteiger partial charge is 0.124 e. The highest BCUT2D eigenvalue weighted by molar-refractivity contribution is 5.53. The molecule has 2 N–H and O–H groups in total. The van der Waals surface area contributed by atoms with Gasteiger partial charge in [-0.2, -0.15) is 0 Å². The van der Waals surface area contributed by atoms with Crippen LogP contribution in [0.4, 0.5) is 5.69 Å². The molecular weight excluding hydrogens is 324 g/mol. The highest BCUT2D eigenvalue weighted by Gasteiger charge is 2.27. The number of nitrogens with zero attached hydrogens (tertiary/aromatic N) is 1. The van der Waals surface area contributed by atoms with Gasteiger partial charge in [-0.25, -0.2) is 0 Å². The SMILES string of the molecule is CCC(O)Nc1ccc(OC2CN(CCCc3ccccc3)C2)cc1C. The van der Waals surface area contributed by atoms with E-state index >= 15 is 0 Å². The zero-order valence-corrected chi connectivity index (χ0v) is 15.8. The second kappa shape index (κ2) is 9.06. The van der Waals surface area contributed by atoms with Gasteiger partial charge in [0.15, 0.2) is 0 Å². The highest BCUT2D eigenvalue weighted by atomic mass is 16.5. The molecule has 1 unspecified atom stereocenters. The zero-order chi connectivity index (χ0) is 18.4. The van der Waals surface area contributed by atoms with Crippen LogP contribution in [-0.2, 0) is 6.42 Å². The van der Waals surface area contributed by atoms with Crippen molar-refractivity contribution in [3.63, 3.8) is 0 Å². The molecule has 140 valence electrons. The largest absolute Gasteiger partial charge is 0.488 e. The Morgan fingerprint density at radius 3 is 2.65 bits per heavy atom. The lowest BCUT2D eigenvalue weighted by Gasteiger charge is -2.39. The van der Waals surface area contributed by atoms with E-state index in [9.17, 15) is 5.11 Å². The van der Waals surface area contributed by atoms with Gasteiger partial charge in [-0.15, -0.1) is 0 Å². The predicted molar refractivity (Wildman–Crippen MR) is 107 cm³/mol. The van der Waals surface area contributed by atoms with E-state index in [1.165, 1.54) is 12.0 Å². The van der Waals surface area contributed by atoms with E-state index in [-0.39, 0.29) is 6.10 Å². The Morgan fingerprint density at radius 1 is 1.19 bits per heavy atom. The molecule has 2 aromatic carbocycles. The summed E-state index contributed by atoms with van der Waals surface area (Å²) in [5.74, 6) is 0.910. The summed E-state index contributed by atoms with van der Waals surface area (Å²) in [5.41, 5.74) is 3.47. The van der Waals surface area contributed by atoms with Gasteiger partial charge in [-0.3, -0.25) is 4.90 Å². The minimum atomic E-state index is -0.503. The maximum atomic E-state index is 9.72. The fourth-order valence-corrected chi connectivity index (χ4v) is 3.28. The van der Waals surface area contributed by atoms with Crippen molar-refractivity contribution in [2.45, 2.75) is 45.4 Å². The van der Waals surface area contributed by atoms with Crippen molar-refractivity contribution in [3.8, 4) is 5.75 Å². The summed E-state index contributed by atoms with van der Waals surface area (Å²) in [6, 6.07) is 16.7. The Kier molecular flexibility index (Phi) is 6.53. The molecule has 1 aliphatic heterocycles. The summed E-state index contributed by atoms with van der Waals surface area (Å²) in [6.45, 7) is 7.12. The number of aliphatic hydroxyl groups excluding tert-OH is 1. The van der Waals surface area contributed by atoms with Crippen molar-refractivity contribution in [1.29, 1.82) is 0 Å². The Hall–Kier alpha value is -2.04. The van der Waals surface area contributed by atoms with Gasteiger partial charge in [0.25, 0.3) is 0 Å². The number of likely N-dealkylation sites (tertiary alicyclic amines) is 1. The van der Waals surface area contributed by atoms with Crippen LogP contribution in [0.2, 0.25) is 0 Å². The molecule has 0 spiro atoms. The number of ether oxygens (including phenoxy) is 1. The van der Waals surface area contributed by atoms with Gasteiger partial charge in [0, 0.05) is 18.8 Å². The average molecular weight is 354 g/mol. The molecule has 4 nitrogen and oxygen atoms in total. The van der Waals surface area contributed by atoms with Crippen molar-refractivity contribution in [1.82, 2.24) is 4.90 Å². The Morgan fingerprint density at radius 2 is 1.96 bits per heavy atom. The number of benzene rings is 2. The first-order valence-electron chi connectivity index (χ1n) is 9.62. The summed E-state index contributed by atoms with van der Waals surface area (Å²) in [4.78, 5) is 2.45. The first-order valence-corrected chi connectivity index (χ1v) is 9.62. The van der Waals surface area contributed by atoms with Crippen LogP contribution in [0.25, 0.3) is 0 Å². The molecule has 0 radical (unpaired) electrons. The molecule has 0 aliphatic carbocycles. The molecule has 1 aliphatic rings. The van der Waals surface area contributed by atoms with E-state index in [0.29, 0.717) is 6.42 Å². The molecule has 1 heterocycles. The van der Waals surface area contributed by atoms with Crippen LogP contribution in [0, 0.1) is 6.92 Å². The van der Waals surface area contributed by atoms with Crippen LogP contribution in [-0.4, -0.2) is 42.0 Å². The summed E-state index contributed by atoms with van der Waals surface area (Å²) >= 11 is 0. The lowest BCUT2D eigenvalue weighted by Crippen LogP contribution is -2.53. The monoisotopic (exact) mass is 354 g/mol. The minimum Gasteiger partial charge on any atom is -0.488 e. The molecular formula is C22H30N2O2. The summed E-state index contributed by atoms with van der Waals surface area (Å²) in [5, 5.41) is 12.8. The van der Waals surface area contributed by atoms with Gasteiger partial charge in [0.2, 0.25) is 0 Å². The van der Waals surface area contributed by atoms with Gasteiger partial charge < -0.3 is 15.2 Å². The molecule has 1 atom stereocenters. The Balaban J connectivity index is 1.38. The zero-order valence-electron chi connectivity index (χ0n) is 15.8. The molecule has 0 saturated carbocycles. The predicted octanol–water partition coefficient (Wildman–Crippen LogP) is 3.83. The fourth-order valence-electron chi connectivity index (χ4n) is 3.28. The van der Waals surface area contributed by atoms with E-state index in [1.807, 2.05) is 32.0 Å². The van der Waals surface area contributed by atoms with Gasteiger partial charge in [0.1, 0.15) is 18.1 Å². The molecule has 4 heteroatoms. The maximum Gasteiger partial charge on any atom is 0.124 e. The van der Waals surface area contributed by atoms with Gasteiger partial charge >= 0.3 is 0 Å². The molecule has 1 fully saturated rings. The van der Waals surface area contributed by atoms with E-state index in [2.05, 4.69) is 40.5 Å². The van der Waals surface area contributed by atoms with Crippen molar-refractivity contribution >= 4 is 5.69 Å². The van der Waals surface area contributed by atoms with Gasteiger partial charge in [0.05, 0.1) is 0 Å². The summed E-state index contributed by atoms with van der Waals surface area (Å²) in [7, 11) is 0. The van der Waals surface area contributed by atoms with Gasteiger partial charge in [-0.1, -0.05) is 37.3 Å². The summed E-state index contributed by atoms with van der Waals surface area (Å²) < 4.78 is 6.08. The van der Waals surface area contributed by atoms with Crippen LogP contribution >= 0.6 is 0 Å². The number of aryl methyl sites for hydroxylation is 2. The average Bonchev–Trinajstić information content (AvgIpc) is 2.62. The quantitative estimate of drug-likeness (QED) is 0.672. The highest BCUT2D eigenvalue weighted by Crippen LogP contribution is 2.25. The van der Waals surface area contributed by atoms with Crippen molar-refractivity contribution in [2.75, 3.05) is 25.0 Å². The molecule has 26 heavy (non-hydrogen) atoms. The molecule has 0 amide bonds. The van der Waals surface area contributed by atoms with Crippen LogP contribution in [0.15, 0.2) is 48.5 Å². The van der Waals surface area contributed by atoms with Crippen LogP contribution in [0.5, 0.6) is 5.75 Å². The van der Waals surface area contributed by atoms with Gasteiger partial charge in [-0.05, 0) is 62.1 Å². The minimum absolute atomic E-state index is 0.283. The topological polar surface area (TPSA) is 44.7 Å². The third-order valence-electron chi connectivity index (χ3n) is 4.92. The molecule has 2 aromatic rings. The third kappa shape index (κ3) is 5.23. The molecule has 0 aromatic heterocycles. The number of nitrogens with one attached hydrogen (secondary N) is 1. The second-order valence-corrected chi connectivity index (χ2v) is 7.13. The molecule has 0 bridgehead atoms.